The van der Waals surface area contributed by atoms with Crippen LogP contribution < -0.4 is 5.32 Å². The fourth-order valence-corrected chi connectivity index (χ4v) is 2.84. The number of rotatable bonds is 8. The van der Waals surface area contributed by atoms with Crippen LogP contribution in [0, 0.1) is 15.9 Å². The number of aromatic nitrogens is 2. The molecular weight excluding hydrogens is 463 g/mol. The largest absolute Gasteiger partial charge is 0.419 e. The second-order valence-electron chi connectivity index (χ2n) is 5.52. The van der Waals surface area contributed by atoms with Crippen molar-refractivity contribution in [3.05, 3.63) is 43.8 Å². The number of nitro groups is 1. The van der Waals surface area contributed by atoms with E-state index >= 15 is 0 Å². The molecule has 15 heteroatoms. The van der Waals surface area contributed by atoms with Crippen LogP contribution in [0.1, 0.15) is 5.56 Å². The van der Waals surface area contributed by atoms with Crippen LogP contribution in [0.2, 0.25) is 10.0 Å². The van der Waals surface area contributed by atoms with Crippen molar-refractivity contribution in [2.45, 2.75) is 6.18 Å². The third-order valence-corrected chi connectivity index (χ3v) is 4.15. The van der Waals surface area contributed by atoms with Gasteiger partial charge >= 0.3 is 11.9 Å². The molecule has 0 saturated heterocycles. The highest BCUT2D eigenvalue weighted by Gasteiger charge is 2.38. The molecule has 0 aliphatic carbocycles. The lowest BCUT2D eigenvalue weighted by Gasteiger charge is -2.15. The van der Waals surface area contributed by atoms with Crippen molar-refractivity contribution in [3.63, 3.8) is 0 Å². The Morgan fingerprint density at radius 1 is 1.37 bits per heavy atom. The quantitative estimate of drug-likeness (QED) is 0.204. The molecule has 0 saturated carbocycles. The number of benzene rings is 1. The first-order valence-electron chi connectivity index (χ1n) is 7.83. The summed E-state index contributed by atoms with van der Waals surface area (Å²) in [4.78, 5) is 22.3. The third-order valence-electron chi connectivity index (χ3n) is 3.52. The first kappa shape index (κ1) is 23.8. The number of methoxy groups -OCH3 is 1. The zero-order valence-corrected chi connectivity index (χ0v) is 16.4. The Hall–Kier alpha value is -2.48. The SMILES string of the molecule is COCCOCC(=O)Nc1c([N+](=O)[O-])cnn1-c1c(Cl)cc(C(F)(F)F)c(F)c1Cl. The maximum Gasteiger partial charge on any atom is 0.419 e. The van der Waals surface area contributed by atoms with E-state index in [1.54, 1.807) is 0 Å². The molecule has 1 amide bonds. The second kappa shape index (κ2) is 9.55. The lowest BCUT2D eigenvalue weighted by Crippen LogP contribution is -2.22. The molecule has 0 aliphatic rings. The van der Waals surface area contributed by atoms with Gasteiger partial charge in [-0.3, -0.25) is 14.9 Å². The summed E-state index contributed by atoms with van der Waals surface area (Å²) < 4.78 is 63.3. The molecule has 30 heavy (non-hydrogen) atoms. The Kier molecular flexibility index (Phi) is 7.58. The molecular formula is C15H12Cl2F4N4O5. The van der Waals surface area contributed by atoms with Gasteiger partial charge in [0.2, 0.25) is 5.82 Å². The average molecular weight is 475 g/mol. The summed E-state index contributed by atoms with van der Waals surface area (Å²) in [6.07, 6.45) is -4.41. The van der Waals surface area contributed by atoms with Gasteiger partial charge in [0.1, 0.15) is 23.5 Å². The number of amides is 1. The molecule has 0 unspecified atom stereocenters. The molecule has 2 aromatic rings. The van der Waals surface area contributed by atoms with Crippen molar-refractivity contribution >= 4 is 40.6 Å². The van der Waals surface area contributed by atoms with Gasteiger partial charge < -0.3 is 14.8 Å². The van der Waals surface area contributed by atoms with Crippen molar-refractivity contribution in [1.29, 1.82) is 0 Å². The van der Waals surface area contributed by atoms with Crippen LogP contribution in [0.15, 0.2) is 12.3 Å². The van der Waals surface area contributed by atoms with Gasteiger partial charge in [-0.2, -0.15) is 18.3 Å². The fourth-order valence-electron chi connectivity index (χ4n) is 2.22. The summed E-state index contributed by atoms with van der Waals surface area (Å²) in [6.45, 7) is -0.303. The van der Waals surface area contributed by atoms with Gasteiger partial charge in [0, 0.05) is 7.11 Å². The summed E-state index contributed by atoms with van der Waals surface area (Å²) in [6, 6.07) is 0.255. The summed E-state index contributed by atoms with van der Waals surface area (Å²) >= 11 is 11.5. The number of ether oxygens (including phenoxy) is 2. The first-order valence-corrected chi connectivity index (χ1v) is 8.58. The number of anilines is 1. The number of halogens is 6. The highest BCUT2D eigenvalue weighted by Crippen LogP contribution is 2.41. The summed E-state index contributed by atoms with van der Waals surface area (Å²) in [5.41, 5.74) is -3.11. The minimum atomic E-state index is -5.09. The standard InChI is InChI=1S/C15H12Cl2F4N4O5/c1-29-2-3-30-6-10(26)23-14-9(25(27)28)5-22-24(14)13-8(16)4-7(15(19,20)21)12(18)11(13)17/h4-5H,2-3,6H2,1H3,(H,23,26). The van der Waals surface area contributed by atoms with Gasteiger partial charge in [0.05, 0.1) is 28.7 Å². The number of nitrogens with zero attached hydrogens (tertiary/aromatic N) is 3. The number of nitrogens with one attached hydrogen (secondary N) is 1. The van der Waals surface area contributed by atoms with E-state index in [0.29, 0.717) is 10.9 Å². The molecule has 0 aliphatic heterocycles. The van der Waals surface area contributed by atoms with E-state index in [-0.39, 0.29) is 19.3 Å². The zero-order valence-electron chi connectivity index (χ0n) is 14.9. The highest BCUT2D eigenvalue weighted by atomic mass is 35.5. The molecule has 9 nitrogen and oxygen atoms in total. The summed E-state index contributed by atoms with van der Waals surface area (Å²) in [5.74, 6) is -3.33. The molecule has 0 radical (unpaired) electrons. The van der Waals surface area contributed by atoms with Crippen LogP contribution in [-0.4, -0.2) is 47.5 Å². The van der Waals surface area contributed by atoms with Gasteiger partial charge in [0.25, 0.3) is 5.91 Å². The predicted octanol–water partition coefficient (Wildman–Crippen LogP) is 3.85. The number of alkyl halides is 3. The fraction of sp³-hybridized carbons (Fsp3) is 0.333. The lowest BCUT2D eigenvalue weighted by molar-refractivity contribution is -0.384. The van der Waals surface area contributed by atoms with Crippen LogP contribution >= 0.6 is 23.2 Å². The molecule has 1 N–H and O–H groups in total. The van der Waals surface area contributed by atoms with Crippen LogP contribution in [-0.2, 0) is 20.4 Å². The van der Waals surface area contributed by atoms with Crippen molar-refractivity contribution < 1.29 is 36.8 Å². The molecule has 1 heterocycles. The summed E-state index contributed by atoms with van der Waals surface area (Å²) in [7, 11) is 1.40. The maximum atomic E-state index is 14.2. The van der Waals surface area contributed by atoms with E-state index in [0.717, 1.165) is 0 Å². The molecule has 1 aromatic heterocycles. The number of hydrogen-bond acceptors (Lipinski definition) is 6. The molecule has 0 spiro atoms. The monoisotopic (exact) mass is 474 g/mol. The predicted molar refractivity (Wildman–Crippen MR) is 96.5 cm³/mol. The van der Waals surface area contributed by atoms with Gasteiger partial charge in [0.15, 0.2) is 5.82 Å². The maximum absolute atomic E-state index is 14.2. The van der Waals surface area contributed by atoms with E-state index in [1.807, 2.05) is 0 Å². The van der Waals surface area contributed by atoms with Crippen molar-refractivity contribution in [2.24, 2.45) is 0 Å². The number of hydrogen-bond donors (Lipinski definition) is 1. The molecule has 0 fully saturated rings. The average Bonchev–Trinajstić information content (AvgIpc) is 3.04. The molecule has 0 atom stereocenters. The highest BCUT2D eigenvalue weighted by molar-refractivity contribution is 6.38. The van der Waals surface area contributed by atoms with Crippen LogP contribution in [0.5, 0.6) is 0 Å². The van der Waals surface area contributed by atoms with E-state index in [4.69, 9.17) is 32.7 Å². The summed E-state index contributed by atoms with van der Waals surface area (Å²) in [5, 5.41) is 15.2. The van der Waals surface area contributed by atoms with Gasteiger partial charge in [-0.05, 0) is 6.07 Å². The number of carbonyl (C=O) groups excluding carboxylic acids is 1. The Bertz CT molecular complexity index is 967. The Morgan fingerprint density at radius 3 is 2.60 bits per heavy atom. The number of carbonyl (C=O) groups is 1. The van der Waals surface area contributed by atoms with Gasteiger partial charge in [-0.25, -0.2) is 9.07 Å². The van der Waals surface area contributed by atoms with E-state index in [2.05, 4.69) is 10.4 Å². The van der Waals surface area contributed by atoms with Gasteiger partial charge in [-0.1, -0.05) is 23.2 Å². The van der Waals surface area contributed by atoms with Crippen LogP contribution in [0.25, 0.3) is 5.69 Å². The van der Waals surface area contributed by atoms with Crippen molar-refractivity contribution in [1.82, 2.24) is 9.78 Å². The molecule has 2 rings (SSSR count). The Morgan fingerprint density at radius 2 is 2.03 bits per heavy atom. The van der Waals surface area contributed by atoms with E-state index in [9.17, 15) is 32.5 Å². The van der Waals surface area contributed by atoms with E-state index in [1.165, 1.54) is 7.11 Å². The normalized spacial score (nSPS) is 11.6. The van der Waals surface area contributed by atoms with Gasteiger partial charge in [-0.15, -0.1) is 0 Å². The Balaban J connectivity index is 2.50. The Labute approximate surface area is 175 Å². The van der Waals surface area contributed by atoms with Crippen molar-refractivity contribution in [3.8, 4) is 5.69 Å². The molecule has 0 bridgehead atoms. The molecule has 164 valence electrons. The topological polar surface area (TPSA) is 109 Å². The minimum Gasteiger partial charge on any atom is -0.382 e. The van der Waals surface area contributed by atoms with E-state index < -0.39 is 62.2 Å². The first-order chi connectivity index (χ1) is 14.0. The zero-order chi connectivity index (χ0) is 22.6. The second-order valence-corrected chi connectivity index (χ2v) is 6.31. The smallest absolute Gasteiger partial charge is 0.382 e. The molecule has 1 aromatic carbocycles. The minimum absolute atomic E-state index is 0.0487. The van der Waals surface area contributed by atoms with Crippen LogP contribution in [0.3, 0.4) is 0 Å². The van der Waals surface area contributed by atoms with Crippen LogP contribution in [0.4, 0.5) is 29.1 Å². The lowest BCUT2D eigenvalue weighted by atomic mass is 10.1. The third kappa shape index (κ3) is 5.16. The van der Waals surface area contributed by atoms with Crippen molar-refractivity contribution in [2.75, 3.05) is 32.2 Å².